The topological polar surface area (TPSA) is 110 Å². The van der Waals surface area contributed by atoms with Crippen LogP contribution in [-0.4, -0.2) is 28.0 Å². The number of rotatable bonds is 5. The van der Waals surface area contributed by atoms with Crippen LogP contribution in [0.4, 0.5) is 11.4 Å². The molecule has 3 rings (SSSR count). The lowest BCUT2D eigenvalue weighted by molar-refractivity contribution is -0.384. The second-order valence-corrected chi connectivity index (χ2v) is 6.55. The van der Waals surface area contributed by atoms with Crippen LogP contribution >= 0.6 is 0 Å². The number of carbonyl (C=O) groups excluding carboxylic acids is 1. The number of benzene rings is 2. The van der Waals surface area contributed by atoms with Crippen LogP contribution in [0.3, 0.4) is 0 Å². The molecule has 0 saturated carbocycles. The van der Waals surface area contributed by atoms with Crippen LogP contribution in [0.15, 0.2) is 48.5 Å². The fourth-order valence-corrected chi connectivity index (χ4v) is 3.08. The summed E-state index contributed by atoms with van der Waals surface area (Å²) in [4.78, 5) is 36.8. The fraction of sp³-hybridized carbons (Fsp3) is 0.263. The van der Waals surface area contributed by atoms with E-state index in [4.69, 9.17) is 4.74 Å². The van der Waals surface area contributed by atoms with Crippen molar-refractivity contribution in [1.29, 1.82) is 0 Å². The normalized spacial score (nSPS) is 17.2. The maximum Gasteiger partial charge on any atom is 0.331 e. The summed E-state index contributed by atoms with van der Waals surface area (Å²) in [6, 6.07) is 10.9. The summed E-state index contributed by atoms with van der Waals surface area (Å²) in [7, 11) is 0. The summed E-state index contributed by atoms with van der Waals surface area (Å²) < 4.78 is 5.70. The van der Waals surface area contributed by atoms with Gasteiger partial charge in [0.2, 0.25) is 0 Å². The van der Waals surface area contributed by atoms with Gasteiger partial charge in [0.1, 0.15) is 0 Å². The van der Waals surface area contributed by atoms with Gasteiger partial charge in [0.25, 0.3) is 11.6 Å². The molecule has 1 aliphatic heterocycles. The Morgan fingerprint density at radius 1 is 1.22 bits per heavy atom. The maximum atomic E-state index is 13.1. The van der Waals surface area contributed by atoms with Crippen molar-refractivity contribution in [3.05, 3.63) is 64.2 Å². The number of aliphatic carboxylic acids is 1. The summed E-state index contributed by atoms with van der Waals surface area (Å²) in [6.07, 6.45) is -0.940. The highest BCUT2D eigenvalue weighted by molar-refractivity contribution is 6.05. The zero-order valence-corrected chi connectivity index (χ0v) is 14.7. The predicted octanol–water partition coefficient (Wildman–Crippen LogP) is 3.17. The molecule has 2 aromatic carbocycles. The van der Waals surface area contributed by atoms with Crippen molar-refractivity contribution in [3.63, 3.8) is 0 Å². The molecule has 27 heavy (non-hydrogen) atoms. The first-order chi connectivity index (χ1) is 12.8. The molecule has 1 heterocycles. The Balaban J connectivity index is 2.19. The molecule has 0 aromatic heterocycles. The molecule has 2 atom stereocenters. The van der Waals surface area contributed by atoms with Crippen LogP contribution in [-0.2, 0) is 9.59 Å². The van der Waals surface area contributed by atoms with Crippen LogP contribution in [0.2, 0.25) is 0 Å². The lowest BCUT2D eigenvalue weighted by Gasteiger charge is -2.38. The highest BCUT2D eigenvalue weighted by Crippen LogP contribution is 2.42. The van der Waals surface area contributed by atoms with Crippen molar-refractivity contribution in [2.45, 2.75) is 26.0 Å². The van der Waals surface area contributed by atoms with E-state index in [9.17, 15) is 24.8 Å². The number of hydrogen-bond donors (Lipinski definition) is 1. The first kappa shape index (κ1) is 18.4. The van der Waals surface area contributed by atoms with Crippen LogP contribution in [0.1, 0.15) is 25.5 Å². The van der Waals surface area contributed by atoms with Crippen molar-refractivity contribution in [3.8, 4) is 5.75 Å². The van der Waals surface area contributed by atoms with Gasteiger partial charge in [0.15, 0.2) is 17.9 Å². The first-order valence-corrected chi connectivity index (χ1v) is 8.37. The molecule has 2 unspecified atom stereocenters. The number of nitro benzene ring substituents is 1. The molecular weight excluding hydrogens is 352 g/mol. The number of non-ortho nitro benzene ring substituents is 1. The van der Waals surface area contributed by atoms with Gasteiger partial charge in [0.05, 0.1) is 16.7 Å². The summed E-state index contributed by atoms with van der Waals surface area (Å²) in [5, 5.41) is 20.9. The van der Waals surface area contributed by atoms with E-state index in [-0.39, 0.29) is 23.0 Å². The van der Waals surface area contributed by atoms with Gasteiger partial charge in [0, 0.05) is 6.07 Å². The summed E-state index contributed by atoms with van der Waals surface area (Å²) in [6.45, 7) is 3.53. The van der Waals surface area contributed by atoms with E-state index >= 15 is 0 Å². The Bertz CT molecular complexity index is 896. The monoisotopic (exact) mass is 370 g/mol. The number of carboxylic acids is 1. The zero-order valence-electron chi connectivity index (χ0n) is 14.7. The van der Waals surface area contributed by atoms with Gasteiger partial charge in [-0.25, -0.2) is 4.79 Å². The Morgan fingerprint density at radius 3 is 2.44 bits per heavy atom. The highest BCUT2D eigenvalue weighted by Gasteiger charge is 2.43. The lowest BCUT2D eigenvalue weighted by Crippen LogP contribution is -2.51. The lowest BCUT2D eigenvalue weighted by atomic mass is 9.98. The number of anilines is 1. The van der Waals surface area contributed by atoms with Gasteiger partial charge in [-0.3, -0.25) is 19.8 Å². The molecule has 140 valence electrons. The summed E-state index contributed by atoms with van der Waals surface area (Å²) in [5.41, 5.74) is 0.419. The van der Waals surface area contributed by atoms with E-state index < -0.39 is 28.9 Å². The third kappa shape index (κ3) is 3.33. The first-order valence-electron chi connectivity index (χ1n) is 8.37. The quantitative estimate of drug-likeness (QED) is 0.639. The van der Waals surface area contributed by atoms with Gasteiger partial charge in [-0.15, -0.1) is 0 Å². The number of fused-ring (bicyclic) bond motifs is 1. The molecule has 1 amide bonds. The Hall–Kier alpha value is -3.42. The number of amides is 1. The average molecular weight is 370 g/mol. The van der Waals surface area contributed by atoms with Gasteiger partial charge >= 0.3 is 5.97 Å². The number of nitro groups is 1. The zero-order chi connectivity index (χ0) is 19.7. The van der Waals surface area contributed by atoms with Crippen molar-refractivity contribution >= 4 is 23.3 Å². The largest absolute Gasteiger partial charge is 0.479 e. The standard InChI is InChI=1S/C19H18N2O6/c1-11(2)17-18(22)20(16(19(23)24)12-6-4-3-5-7-12)14-9-8-13(21(25)26)10-15(14)27-17/h3-11,16-17H,1-2H3,(H,23,24). The molecule has 0 radical (unpaired) electrons. The van der Waals surface area contributed by atoms with E-state index in [2.05, 4.69) is 0 Å². The number of carboxylic acid groups (broad SMARTS) is 1. The highest BCUT2D eigenvalue weighted by atomic mass is 16.6. The fourth-order valence-electron chi connectivity index (χ4n) is 3.08. The molecule has 1 aliphatic rings. The van der Waals surface area contributed by atoms with Crippen LogP contribution in [0.5, 0.6) is 5.75 Å². The van der Waals surface area contributed by atoms with Gasteiger partial charge in [-0.1, -0.05) is 44.2 Å². The Kier molecular flexibility index (Phi) is 4.81. The summed E-state index contributed by atoms with van der Waals surface area (Å²) >= 11 is 0. The molecule has 0 fully saturated rings. The molecule has 1 N–H and O–H groups in total. The Morgan fingerprint density at radius 2 is 1.89 bits per heavy atom. The predicted molar refractivity (Wildman–Crippen MR) is 96.7 cm³/mol. The second-order valence-electron chi connectivity index (χ2n) is 6.55. The minimum atomic E-state index is -1.27. The molecule has 0 saturated heterocycles. The van der Waals surface area contributed by atoms with E-state index in [1.165, 1.54) is 18.2 Å². The molecule has 0 spiro atoms. The molecule has 0 bridgehead atoms. The Labute approximate surface area is 155 Å². The average Bonchev–Trinajstić information content (AvgIpc) is 2.63. The van der Waals surface area contributed by atoms with Crippen molar-refractivity contribution in [1.82, 2.24) is 0 Å². The maximum absolute atomic E-state index is 13.1. The third-order valence-electron chi connectivity index (χ3n) is 4.36. The minimum Gasteiger partial charge on any atom is -0.479 e. The number of nitrogens with zero attached hydrogens (tertiary/aromatic N) is 2. The van der Waals surface area contributed by atoms with Gasteiger partial charge in [-0.2, -0.15) is 0 Å². The molecule has 0 aliphatic carbocycles. The summed E-state index contributed by atoms with van der Waals surface area (Å²) in [5.74, 6) is -1.84. The third-order valence-corrected chi connectivity index (χ3v) is 4.36. The van der Waals surface area contributed by atoms with Gasteiger partial charge < -0.3 is 9.84 Å². The van der Waals surface area contributed by atoms with Crippen LogP contribution in [0.25, 0.3) is 0 Å². The van der Waals surface area contributed by atoms with Gasteiger partial charge in [-0.05, 0) is 17.5 Å². The molecule has 8 nitrogen and oxygen atoms in total. The van der Waals surface area contributed by atoms with E-state index in [0.29, 0.717) is 5.56 Å². The number of hydrogen-bond acceptors (Lipinski definition) is 5. The number of carbonyl (C=O) groups is 2. The smallest absolute Gasteiger partial charge is 0.331 e. The SMILES string of the molecule is CC(C)C1Oc2cc([N+](=O)[O-])ccc2N(C(C(=O)O)c2ccccc2)C1=O. The van der Waals surface area contributed by atoms with E-state index in [1.807, 2.05) is 0 Å². The van der Waals surface area contributed by atoms with Crippen LogP contribution in [0, 0.1) is 16.0 Å². The van der Waals surface area contributed by atoms with Crippen molar-refractivity contribution in [2.24, 2.45) is 5.92 Å². The van der Waals surface area contributed by atoms with E-state index in [1.54, 1.807) is 44.2 Å². The molecule has 2 aromatic rings. The van der Waals surface area contributed by atoms with Crippen molar-refractivity contribution in [2.75, 3.05) is 4.90 Å². The molecule has 8 heteroatoms. The molecular formula is C19H18N2O6. The van der Waals surface area contributed by atoms with Crippen molar-refractivity contribution < 1.29 is 24.4 Å². The second kappa shape index (κ2) is 7.06. The minimum absolute atomic E-state index is 0.115. The number of ether oxygens (including phenoxy) is 1. The van der Waals surface area contributed by atoms with E-state index in [0.717, 1.165) is 4.90 Å². The van der Waals surface area contributed by atoms with Crippen LogP contribution < -0.4 is 9.64 Å².